The third-order valence-electron chi connectivity index (χ3n) is 7.97. The van der Waals surface area contributed by atoms with Crippen molar-refractivity contribution >= 4 is 0 Å². The third-order valence-corrected chi connectivity index (χ3v) is 7.97. The Balaban J connectivity index is 1.79. The van der Waals surface area contributed by atoms with Crippen molar-refractivity contribution < 1.29 is 9.47 Å². The normalized spacial score (nSPS) is 57.9. The lowest BCUT2D eigenvalue weighted by molar-refractivity contribution is -0.152. The highest BCUT2D eigenvalue weighted by Crippen LogP contribution is 2.75. The fraction of sp³-hybridized carbons (Fsp3) is 0.900. The fourth-order valence-electron chi connectivity index (χ4n) is 7.11. The molecule has 1 spiro atoms. The molecule has 122 valence electrons. The molecule has 7 atom stereocenters. The van der Waals surface area contributed by atoms with Gasteiger partial charge in [-0.1, -0.05) is 20.8 Å². The Morgan fingerprint density at radius 3 is 2.41 bits per heavy atom. The summed E-state index contributed by atoms with van der Waals surface area (Å²) in [6.07, 6.45) is 5.45. The van der Waals surface area contributed by atoms with E-state index in [-0.39, 0.29) is 11.7 Å². The van der Waals surface area contributed by atoms with Crippen molar-refractivity contribution in [1.29, 1.82) is 0 Å². The van der Waals surface area contributed by atoms with E-state index < -0.39 is 5.79 Å². The van der Waals surface area contributed by atoms with Crippen molar-refractivity contribution in [2.75, 3.05) is 0 Å². The summed E-state index contributed by atoms with van der Waals surface area (Å²) in [7, 11) is 0. The van der Waals surface area contributed by atoms with E-state index in [9.17, 15) is 0 Å². The molecule has 1 saturated heterocycles. The van der Waals surface area contributed by atoms with Gasteiger partial charge in [-0.25, -0.2) is 0 Å². The molecule has 0 aromatic rings. The van der Waals surface area contributed by atoms with Crippen LogP contribution in [0.1, 0.15) is 67.2 Å². The summed E-state index contributed by atoms with van der Waals surface area (Å²) in [5.74, 6) is 7.67. The van der Waals surface area contributed by atoms with Crippen LogP contribution in [0, 0.1) is 40.4 Å². The van der Waals surface area contributed by atoms with Crippen molar-refractivity contribution in [1.82, 2.24) is 0 Å². The summed E-state index contributed by atoms with van der Waals surface area (Å²) in [6, 6.07) is 0. The van der Waals surface area contributed by atoms with Crippen LogP contribution in [-0.4, -0.2) is 17.5 Å². The zero-order valence-corrected chi connectivity index (χ0v) is 15.0. The number of hydrogen-bond acceptors (Lipinski definition) is 2. The van der Waals surface area contributed by atoms with Crippen LogP contribution in [0.3, 0.4) is 0 Å². The molecular weight excluding hydrogens is 272 g/mol. The lowest BCUT2D eigenvalue weighted by Crippen LogP contribution is -2.52. The van der Waals surface area contributed by atoms with Crippen LogP contribution in [0.25, 0.3) is 0 Å². The standard InChI is InChI=1S/C20H30O2/c1-7-10-18(5)21-16-12-20-11-15(19(16,6)22-18)17(3,4)14(20)9-8-13(20)2/h13-16H,8-9,11-12H2,1-6H3. The first kappa shape index (κ1) is 15.0. The van der Waals surface area contributed by atoms with Crippen LogP contribution >= 0.6 is 0 Å². The van der Waals surface area contributed by atoms with Gasteiger partial charge in [-0.2, -0.15) is 0 Å². The van der Waals surface area contributed by atoms with E-state index in [1.807, 2.05) is 13.8 Å². The van der Waals surface area contributed by atoms with Crippen molar-refractivity contribution in [3.8, 4) is 11.8 Å². The maximum Gasteiger partial charge on any atom is 0.231 e. The van der Waals surface area contributed by atoms with E-state index in [1.54, 1.807) is 0 Å². The SMILES string of the molecule is CC#CC1(C)OC2CC34CC(C(C)(C)C3CCC4C)C2(C)O1. The molecule has 0 aromatic heterocycles. The first-order valence-electron chi connectivity index (χ1n) is 9.00. The second-order valence-electron chi connectivity index (χ2n) is 9.26. The van der Waals surface area contributed by atoms with E-state index >= 15 is 0 Å². The molecule has 22 heavy (non-hydrogen) atoms. The Kier molecular flexibility index (Phi) is 2.81. The molecule has 1 aliphatic heterocycles. The Morgan fingerprint density at radius 2 is 1.73 bits per heavy atom. The molecule has 7 unspecified atom stereocenters. The smallest absolute Gasteiger partial charge is 0.231 e. The van der Waals surface area contributed by atoms with Crippen LogP contribution in [0.4, 0.5) is 0 Å². The highest BCUT2D eigenvalue weighted by atomic mass is 16.8. The monoisotopic (exact) mass is 302 g/mol. The van der Waals surface area contributed by atoms with Crippen LogP contribution in [-0.2, 0) is 9.47 Å². The molecule has 0 radical (unpaired) electrons. The lowest BCUT2D eigenvalue weighted by Gasteiger charge is -2.47. The van der Waals surface area contributed by atoms with E-state index in [1.165, 1.54) is 19.3 Å². The van der Waals surface area contributed by atoms with E-state index in [0.29, 0.717) is 16.7 Å². The average molecular weight is 302 g/mol. The molecular formula is C20H30O2. The zero-order chi connectivity index (χ0) is 16.0. The molecule has 0 amide bonds. The minimum absolute atomic E-state index is 0.183. The van der Waals surface area contributed by atoms with Crippen LogP contribution in [0.5, 0.6) is 0 Å². The molecule has 2 bridgehead atoms. The van der Waals surface area contributed by atoms with Gasteiger partial charge in [0.05, 0.1) is 11.7 Å². The predicted molar refractivity (Wildman–Crippen MR) is 87.0 cm³/mol. The summed E-state index contributed by atoms with van der Waals surface area (Å²) in [6.45, 7) is 13.6. The summed E-state index contributed by atoms with van der Waals surface area (Å²) in [5, 5.41) is 0. The molecule has 0 aromatic carbocycles. The van der Waals surface area contributed by atoms with E-state index in [2.05, 4.69) is 39.5 Å². The topological polar surface area (TPSA) is 18.5 Å². The number of hydrogen-bond donors (Lipinski definition) is 0. The van der Waals surface area contributed by atoms with Gasteiger partial charge in [-0.05, 0) is 74.0 Å². The Labute approximate surface area is 135 Å². The Bertz CT molecular complexity index is 570. The third kappa shape index (κ3) is 1.55. The average Bonchev–Trinajstić information content (AvgIpc) is 2.92. The predicted octanol–water partition coefficient (Wildman–Crippen LogP) is 4.38. The van der Waals surface area contributed by atoms with Gasteiger partial charge in [0.1, 0.15) is 0 Å². The van der Waals surface area contributed by atoms with Crippen LogP contribution in [0.2, 0.25) is 0 Å². The van der Waals surface area contributed by atoms with Gasteiger partial charge in [-0.15, -0.1) is 5.92 Å². The molecule has 4 rings (SSSR count). The van der Waals surface area contributed by atoms with Gasteiger partial charge in [0, 0.05) is 6.92 Å². The van der Waals surface area contributed by atoms with Crippen molar-refractivity contribution in [2.24, 2.45) is 28.6 Å². The van der Waals surface area contributed by atoms with Crippen LogP contribution < -0.4 is 0 Å². The minimum Gasteiger partial charge on any atom is -0.333 e. The second kappa shape index (κ2) is 4.11. The molecule has 1 heterocycles. The Morgan fingerprint density at radius 1 is 1.00 bits per heavy atom. The molecule has 3 saturated carbocycles. The van der Waals surface area contributed by atoms with Crippen molar-refractivity contribution in [3.05, 3.63) is 0 Å². The number of fused-ring (bicyclic) bond motifs is 3. The van der Waals surface area contributed by atoms with E-state index in [0.717, 1.165) is 18.3 Å². The zero-order valence-electron chi connectivity index (χ0n) is 15.0. The molecule has 2 heteroatoms. The second-order valence-corrected chi connectivity index (χ2v) is 9.26. The minimum atomic E-state index is -0.720. The van der Waals surface area contributed by atoms with Gasteiger partial charge in [0.15, 0.2) is 0 Å². The van der Waals surface area contributed by atoms with E-state index in [4.69, 9.17) is 9.47 Å². The highest BCUT2D eigenvalue weighted by molar-refractivity contribution is 5.23. The molecule has 0 N–H and O–H groups in total. The lowest BCUT2D eigenvalue weighted by atomic mass is 9.63. The summed E-state index contributed by atoms with van der Waals surface area (Å²) < 4.78 is 13.0. The molecule has 2 nitrogen and oxygen atoms in total. The maximum absolute atomic E-state index is 6.55. The van der Waals surface area contributed by atoms with Gasteiger partial charge in [0.25, 0.3) is 0 Å². The fourth-order valence-corrected chi connectivity index (χ4v) is 7.11. The summed E-state index contributed by atoms with van der Waals surface area (Å²) in [5.41, 5.74) is 0.631. The highest BCUT2D eigenvalue weighted by Gasteiger charge is 2.74. The van der Waals surface area contributed by atoms with Crippen molar-refractivity contribution in [2.45, 2.75) is 84.7 Å². The first-order chi connectivity index (χ1) is 10.2. The maximum atomic E-state index is 6.55. The van der Waals surface area contributed by atoms with Crippen LogP contribution in [0.15, 0.2) is 0 Å². The largest absolute Gasteiger partial charge is 0.333 e. The molecule has 4 fully saturated rings. The van der Waals surface area contributed by atoms with Gasteiger partial charge in [-0.3, -0.25) is 0 Å². The molecule has 4 aliphatic rings. The van der Waals surface area contributed by atoms with Crippen molar-refractivity contribution in [3.63, 3.8) is 0 Å². The first-order valence-corrected chi connectivity index (χ1v) is 9.00. The number of ether oxygens (including phenoxy) is 2. The number of rotatable bonds is 0. The van der Waals surface area contributed by atoms with Gasteiger partial charge in [0.2, 0.25) is 5.79 Å². The van der Waals surface area contributed by atoms with Gasteiger partial charge < -0.3 is 9.47 Å². The molecule has 3 aliphatic carbocycles. The summed E-state index contributed by atoms with van der Waals surface area (Å²) >= 11 is 0. The van der Waals surface area contributed by atoms with Gasteiger partial charge >= 0.3 is 0 Å². The summed E-state index contributed by atoms with van der Waals surface area (Å²) in [4.78, 5) is 0. The Hall–Kier alpha value is -0.520. The quantitative estimate of drug-likeness (QED) is 0.618.